The van der Waals surface area contributed by atoms with Gasteiger partial charge in [-0.1, -0.05) is 209 Å². The molecule has 58 heavy (non-hydrogen) atoms. The lowest BCUT2D eigenvalue weighted by Crippen LogP contribution is -2.30. The Kier molecular flexibility index (Phi) is 44.0. The molecule has 6 nitrogen and oxygen atoms in total. The van der Waals surface area contributed by atoms with Crippen LogP contribution in [0, 0.1) is 0 Å². The Morgan fingerprint density at radius 2 is 0.672 bits per heavy atom. The number of unbranched alkanes of at least 4 members (excludes halogenated alkanes) is 23. The second-order valence-electron chi connectivity index (χ2n) is 15.8. The van der Waals surface area contributed by atoms with E-state index >= 15 is 0 Å². The van der Waals surface area contributed by atoms with E-state index < -0.39 is 6.10 Å². The van der Waals surface area contributed by atoms with Gasteiger partial charge in [-0.3, -0.25) is 14.4 Å². The second kappa shape index (κ2) is 46.5. The number of carbonyl (C=O) groups excluding carboxylic acids is 3. The SMILES string of the molecule is CC\C=C/C=C\C=C/C=C\CCCCCC(=O)OC(COC(=O)CCCCCCCC/C=C\C=C/CCCCC)COC(=O)CCCCCCCCCCCCCC. The van der Waals surface area contributed by atoms with E-state index in [0.29, 0.717) is 19.3 Å². The summed E-state index contributed by atoms with van der Waals surface area (Å²) in [5.74, 6) is -0.948. The zero-order valence-electron chi connectivity index (χ0n) is 37.8. The topological polar surface area (TPSA) is 78.9 Å². The van der Waals surface area contributed by atoms with Gasteiger partial charge in [0.05, 0.1) is 0 Å². The molecule has 0 aliphatic carbocycles. The van der Waals surface area contributed by atoms with Gasteiger partial charge >= 0.3 is 17.9 Å². The number of allylic oxidation sites excluding steroid dienone is 12. The molecular formula is C52H88O6. The summed E-state index contributed by atoms with van der Waals surface area (Å²) in [6.45, 7) is 6.41. The van der Waals surface area contributed by atoms with Crippen LogP contribution in [0.15, 0.2) is 72.9 Å². The summed E-state index contributed by atoms with van der Waals surface area (Å²) in [5, 5.41) is 0. The summed E-state index contributed by atoms with van der Waals surface area (Å²) in [7, 11) is 0. The van der Waals surface area contributed by atoms with Crippen molar-refractivity contribution in [2.45, 2.75) is 226 Å². The van der Waals surface area contributed by atoms with E-state index in [1.165, 1.54) is 103 Å². The summed E-state index contributed by atoms with van der Waals surface area (Å²) >= 11 is 0. The zero-order valence-corrected chi connectivity index (χ0v) is 37.8. The van der Waals surface area contributed by atoms with Crippen LogP contribution < -0.4 is 0 Å². The largest absolute Gasteiger partial charge is 0.462 e. The zero-order chi connectivity index (χ0) is 42.3. The lowest BCUT2D eigenvalue weighted by Gasteiger charge is -2.18. The fraction of sp³-hybridized carbons (Fsp3) is 0.712. The van der Waals surface area contributed by atoms with E-state index in [1.807, 2.05) is 36.5 Å². The molecule has 332 valence electrons. The fourth-order valence-corrected chi connectivity index (χ4v) is 6.44. The van der Waals surface area contributed by atoms with Crippen molar-refractivity contribution in [3.05, 3.63) is 72.9 Å². The van der Waals surface area contributed by atoms with Gasteiger partial charge in [-0.15, -0.1) is 0 Å². The number of hydrogen-bond donors (Lipinski definition) is 0. The third-order valence-electron chi connectivity index (χ3n) is 10.1. The van der Waals surface area contributed by atoms with Crippen molar-refractivity contribution in [2.75, 3.05) is 13.2 Å². The number of carbonyl (C=O) groups is 3. The molecule has 0 aliphatic rings. The lowest BCUT2D eigenvalue weighted by atomic mass is 10.0. The van der Waals surface area contributed by atoms with Crippen molar-refractivity contribution in [3.63, 3.8) is 0 Å². The highest BCUT2D eigenvalue weighted by Gasteiger charge is 2.19. The summed E-state index contributed by atoms with van der Waals surface area (Å²) < 4.78 is 16.7. The maximum absolute atomic E-state index is 12.7. The van der Waals surface area contributed by atoms with E-state index in [1.54, 1.807) is 0 Å². The van der Waals surface area contributed by atoms with Crippen molar-refractivity contribution >= 4 is 17.9 Å². The molecule has 0 saturated heterocycles. The number of ether oxygens (including phenoxy) is 3. The smallest absolute Gasteiger partial charge is 0.306 e. The molecular weight excluding hydrogens is 721 g/mol. The summed E-state index contributed by atoms with van der Waals surface area (Å²) in [6.07, 6.45) is 57.4. The average molecular weight is 809 g/mol. The van der Waals surface area contributed by atoms with Crippen LogP contribution in [0.3, 0.4) is 0 Å². The Morgan fingerprint density at radius 3 is 1.12 bits per heavy atom. The Morgan fingerprint density at radius 1 is 0.362 bits per heavy atom. The van der Waals surface area contributed by atoms with Crippen LogP contribution in [0.1, 0.15) is 220 Å². The molecule has 0 heterocycles. The fourth-order valence-electron chi connectivity index (χ4n) is 6.44. The molecule has 1 unspecified atom stereocenters. The van der Waals surface area contributed by atoms with Gasteiger partial charge in [-0.05, 0) is 64.2 Å². The van der Waals surface area contributed by atoms with E-state index in [9.17, 15) is 14.4 Å². The molecule has 0 N–H and O–H groups in total. The minimum absolute atomic E-state index is 0.0943. The van der Waals surface area contributed by atoms with Gasteiger partial charge in [0.15, 0.2) is 6.10 Å². The highest BCUT2D eigenvalue weighted by molar-refractivity contribution is 5.71. The predicted molar refractivity (Wildman–Crippen MR) is 247 cm³/mol. The monoisotopic (exact) mass is 809 g/mol. The van der Waals surface area contributed by atoms with Gasteiger partial charge in [-0.2, -0.15) is 0 Å². The van der Waals surface area contributed by atoms with Gasteiger partial charge in [0, 0.05) is 19.3 Å². The molecule has 0 radical (unpaired) electrons. The van der Waals surface area contributed by atoms with Gasteiger partial charge in [0.1, 0.15) is 13.2 Å². The first-order chi connectivity index (χ1) is 28.5. The van der Waals surface area contributed by atoms with Crippen molar-refractivity contribution in [3.8, 4) is 0 Å². The third kappa shape index (κ3) is 44.0. The minimum atomic E-state index is -0.797. The molecule has 0 rings (SSSR count). The quantitative estimate of drug-likeness (QED) is 0.0264. The van der Waals surface area contributed by atoms with Crippen LogP contribution in [0.2, 0.25) is 0 Å². The van der Waals surface area contributed by atoms with Crippen LogP contribution in [-0.4, -0.2) is 37.2 Å². The molecule has 0 saturated carbocycles. The lowest BCUT2D eigenvalue weighted by molar-refractivity contribution is -0.167. The molecule has 0 fully saturated rings. The molecule has 0 bridgehead atoms. The van der Waals surface area contributed by atoms with E-state index in [-0.39, 0.29) is 37.5 Å². The van der Waals surface area contributed by atoms with Crippen molar-refractivity contribution in [1.82, 2.24) is 0 Å². The van der Waals surface area contributed by atoms with Crippen molar-refractivity contribution in [2.24, 2.45) is 0 Å². The van der Waals surface area contributed by atoms with Crippen LogP contribution in [0.5, 0.6) is 0 Å². The number of esters is 3. The average Bonchev–Trinajstić information content (AvgIpc) is 3.22. The van der Waals surface area contributed by atoms with Crippen molar-refractivity contribution in [1.29, 1.82) is 0 Å². The molecule has 0 aromatic heterocycles. The second-order valence-corrected chi connectivity index (χ2v) is 15.8. The van der Waals surface area contributed by atoms with Gasteiger partial charge < -0.3 is 14.2 Å². The molecule has 0 aliphatic heterocycles. The predicted octanol–water partition coefficient (Wildman–Crippen LogP) is 15.5. The summed E-state index contributed by atoms with van der Waals surface area (Å²) in [6, 6.07) is 0. The maximum atomic E-state index is 12.7. The molecule has 0 amide bonds. The highest BCUT2D eigenvalue weighted by atomic mass is 16.6. The first-order valence-corrected chi connectivity index (χ1v) is 24.0. The summed E-state index contributed by atoms with van der Waals surface area (Å²) in [5.41, 5.74) is 0. The van der Waals surface area contributed by atoms with Crippen LogP contribution >= 0.6 is 0 Å². The van der Waals surface area contributed by atoms with Crippen molar-refractivity contribution < 1.29 is 28.6 Å². The Balaban J connectivity index is 4.46. The number of hydrogen-bond acceptors (Lipinski definition) is 6. The van der Waals surface area contributed by atoms with Gasteiger partial charge in [-0.25, -0.2) is 0 Å². The summed E-state index contributed by atoms with van der Waals surface area (Å²) in [4.78, 5) is 37.8. The van der Waals surface area contributed by atoms with Gasteiger partial charge in [0.2, 0.25) is 0 Å². The molecule has 0 aromatic carbocycles. The third-order valence-corrected chi connectivity index (χ3v) is 10.1. The molecule has 1 atom stereocenters. The Bertz CT molecular complexity index is 1110. The van der Waals surface area contributed by atoms with E-state index in [4.69, 9.17) is 14.2 Å². The molecule has 0 spiro atoms. The Hall–Kier alpha value is -3.15. The van der Waals surface area contributed by atoms with E-state index in [0.717, 1.165) is 70.6 Å². The number of rotatable bonds is 42. The minimum Gasteiger partial charge on any atom is -0.462 e. The van der Waals surface area contributed by atoms with Gasteiger partial charge in [0.25, 0.3) is 0 Å². The first kappa shape index (κ1) is 54.9. The molecule has 0 aromatic rings. The van der Waals surface area contributed by atoms with E-state index in [2.05, 4.69) is 57.2 Å². The Labute approximate surface area is 357 Å². The first-order valence-electron chi connectivity index (χ1n) is 24.0. The van der Waals surface area contributed by atoms with Crippen LogP contribution in [0.25, 0.3) is 0 Å². The van der Waals surface area contributed by atoms with Crippen LogP contribution in [0.4, 0.5) is 0 Å². The molecule has 6 heteroatoms. The van der Waals surface area contributed by atoms with Crippen LogP contribution in [-0.2, 0) is 28.6 Å². The standard InChI is InChI=1S/C52H88O6/c1-4-7-10-13-16-19-22-25-26-28-30-33-36-39-42-45-51(54)57-48-49(47-56-50(53)44-41-38-35-32-29-24-21-18-15-12-9-6-3)58-52(55)46-43-40-37-34-31-27-23-20-17-14-11-8-5-2/h8,11,14,16-17,19-20,22-23,25,27,31,49H,4-7,9-10,12-13,15,18,21,24,26,28-30,32-48H2,1-3H3/b11-8-,17-14-,19-16-,23-20-,25-22-,31-27-. The normalized spacial score (nSPS) is 12.7. The highest BCUT2D eigenvalue weighted by Crippen LogP contribution is 2.14. The maximum Gasteiger partial charge on any atom is 0.306 e.